The zero-order valence-electron chi connectivity index (χ0n) is 10.4. The highest BCUT2D eigenvalue weighted by Gasteiger charge is 2.07. The molecule has 0 aliphatic heterocycles. The molecule has 0 radical (unpaired) electrons. The van der Waals surface area contributed by atoms with Gasteiger partial charge in [0.1, 0.15) is 0 Å². The van der Waals surface area contributed by atoms with Crippen LogP contribution in [-0.4, -0.2) is 20.4 Å². The van der Waals surface area contributed by atoms with Crippen molar-refractivity contribution in [3.63, 3.8) is 0 Å². The second-order valence-corrected chi connectivity index (χ2v) is 5.95. The molecule has 0 fully saturated rings. The van der Waals surface area contributed by atoms with Crippen LogP contribution in [0.3, 0.4) is 0 Å². The van der Waals surface area contributed by atoms with Crippen molar-refractivity contribution in [3.8, 4) is 0 Å². The molecule has 0 heterocycles. The zero-order chi connectivity index (χ0) is 13.6. The van der Waals surface area contributed by atoms with Gasteiger partial charge in [0, 0.05) is 6.21 Å². The van der Waals surface area contributed by atoms with Gasteiger partial charge in [0.2, 0.25) is 0 Å². The van der Waals surface area contributed by atoms with Crippen molar-refractivity contribution in [2.24, 2.45) is 4.40 Å². The van der Waals surface area contributed by atoms with Gasteiger partial charge in [-0.3, -0.25) is 0 Å². The Kier molecular flexibility index (Phi) is 4.47. The van der Waals surface area contributed by atoms with Crippen LogP contribution in [0, 0.1) is 0 Å². The first-order valence-electron chi connectivity index (χ1n) is 6.03. The van der Waals surface area contributed by atoms with Crippen molar-refractivity contribution in [1.29, 1.82) is 0 Å². The SMILES string of the molecule is O=S(=O)(CCc1ccccc1)N=Cc1ccccc1. The molecule has 0 aromatic heterocycles. The maximum Gasteiger partial charge on any atom is 0.253 e. The van der Waals surface area contributed by atoms with E-state index in [9.17, 15) is 8.42 Å². The van der Waals surface area contributed by atoms with Crippen LogP contribution in [0.25, 0.3) is 0 Å². The molecule has 3 nitrogen and oxygen atoms in total. The van der Waals surface area contributed by atoms with Gasteiger partial charge in [0.05, 0.1) is 5.75 Å². The summed E-state index contributed by atoms with van der Waals surface area (Å²) < 4.78 is 27.2. The van der Waals surface area contributed by atoms with Crippen molar-refractivity contribution in [2.75, 3.05) is 5.75 Å². The molecule has 0 aliphatic carbocycles. The summed E-state index contributed by atoms with van der Waals surface area (Å²) in [5, 5.41) is 0. The monoisotopic (exact) mass is 273 g/mol. The van der Waals surface area contributed by atoms with Crippen LogP contribution in [0.5, 0.6) is 0 Å². The van der Waals surface area contributed by atoms with Crippen molar-refractivity contribution >= 4 is 16.2 Å². The smallest absolute Gasteiger partial charge is 0.205 e. The van der Waals surface area contributed by atoms with Gasteiger partial charge >= 0.3 is 0 Å². The fraction of sp³-hybridized carbons (Fsp3) is 0.133. The van der Waals surface area contributed by atoms with Crippen molar-refractivity contribution in [1.82, 2.24) is 0 Å². The summed E-state index contributed by atoms with van der Waals surface area (Å²) in [6.07, 6.45) is 1.87. The Balaban J connectivity index is 1.98. The number of benzene rings is 2. The standard InChI is InChI=1S/C15H15NO2S/c17-19(18,12-11-14-7-3-1-4-8-14)16-13-15-9-5-2-6-10-15/h1-10,13H,11-12H2. The lowest BCUT2D eigenvalue weighted by Gasteiger charge is -1.99. The van der Waals surface area contributed by atoms with Crippen LogP contribution in [0.4, 0.5) is 0 Å². The van der Waals surface area contributed by atoms with E-state index in [1.807, 2.05) is 60.7 Å². The minimum absolute atomic E-state index is 0.0281. The minimum Gasteiger partial charge on any atom is -0.205 e. The Bertz CT molecular complexity index is 634. The van der Waals surface area contributed by atoms with Crippen LogP contribution < -0.4 is 0 Å². The molecule has 0 aliphatic rings. The Hall–Kier alpha value is -1.94. The summed E-state index contributed by atoms with van der Waals surface area (Å²) in [6, 6.07) is 18.7. The lowest BCUT2D eigenvalue weighted by atomic mass is 10.2. The number of aryl methyl sites for hydroxylation is 1. The number of hydrogen-bond acceptors (Lipinski definition) is 2. The second kappa shape index (κ2) is 6.29. The molecule has 0 bridgehead atoms. The summed E-state index contributed by atoms with van der Waals surface area (Å²) >= 11 is 0. The minimum atomic E-state index is -3.41. The first kappa shape index (κ1) is 13.5. The first-order valence-corrected chi connectivity index (χ1v) is 7.64. The third kappa shape index (κ3) is 4.67. The highest BCUT2D eigenvalue weighted by atomic mass is 32.2. The van der Waals surface area contributed by atoms with E-state index in [0.29, 0.717) is 6.42 Å². The molecule has 0 N–H and O–H groups in total. The van der Waals surface area contributed by atoms with Crippen LogP contribution in [0.15, 0.2) is 65.1 Å². The van der Waals surface area contributed by atoms with Gasteiger partial charge in [-0.1, -0.05) is 60.7 Å². The van der Waals surface area contributed by atoms with Crippen molar-refractivity contribution in [3.05, 3.63) is 71.8 Å². The topological polar surface area (TPSA) is 46.5 Å². The number of sulfonamides is 1. The van der Waals surface area contributed by atoms with Crippen LogP contribution in [0.2, 0.25) is 0 Å². The van der Waals surface area contributed by atoms with E-state index >= 15 is 0 Å². The predicted octanol–water partition coefficient (Wildman–Crippen LogP) is 2.68. The summed E-state index contributed by atoms with van der Waals surface area (Å²) in [4.78, 5) is 0. The normalized spacial score (nSPS) is 11.8. The van der Waals surface area contributed by atoms with Gasteiger partial charge in [-0.15, -0.1) is 0 Å². The van der Waals surface area contributed by atoms with Gasteiger partial charge in [0.15, 0.2) is 0 Å². The van der Waals surface area contributed by atoms with E-state index in [0.717, 1.165) is 11.1 Å². The molecule has 2 aromatic carbocycles. The molecule has 0 amide bonds. The molecule has 19 heavy (non-hydrogen) atoms. The summed E-state index contributed by atoms with van der Waals surface area (Å²) in [5.74, 6) is 0.0281. The largest absolute Gasteiger partial charge is 0.253 e. The third-order valence-corrected chi connectivity index (χ3v) is 3.80. The quantitative estimate of drug-likeness (QED) is 0.786. The Morgan fingerprint density at radius 2 is 1.47 bits per heavy atom. The molecule has 4 heteroatoms. The lowest BCUT2D eigenvalue weighted by Crippen LogP contribution is -2.06. The number of rotatable bonds is 5. The molecular weight excluding hydrogens is 258 g/mol. The molecule has 2 rings (SSSR count). The van der Waals surface area contributed by atoms with Crippen LogP contribution in [-0.2, 0) is 16.4 Å². The summed E-state index contributed by atoms with van der Waals surface area (Å²) in [5.41, 5.74) is 1.78. The van der Waals surface area contributed by atoms with Crippen LogP contribution in [0.1, 0.15) is 11.1 Å². The zero-order valence-corrected chi connectivity index (χ0v) is 11.3. The molecule has 0 atom stereocenters. The van der Waals surface area contributed by atoms with Crippen LogP contribution >= 0.6 is 0 Å². The molecule has 0 saturated heterocycles. The predicted molar refractivity (Wildman–Crippen MR) is 78.0 cm³/mol. The van der Waals surface area contributed by atoms with Crippen molar-refractivity contribution < 1.29 is 8.42 Å². The molecule has 0 spiro atoms. The van der Waals surface area contributed by atoms with E-state index in [1.165, 1.54) is 6.21 Å². The molecular formula is C15H15NO2S. The Morgan fingerprint density at radius 3 is 2.11 bits per heavy atom. The van der Waals surface area contributed by atoms with E-state index < -0.39 is 10.0 Å². The lowest BCUT2D eigenvalue weighted by molar-refractivity contribution is 0.597. The highest BCUT2D eigenvalue weighted by molar-refractivity contribution is 7.90. The maximum atomic E-state index is 11.8. The Morgan fingerprint density at radius 1 is 0.895 bits per heavy atom. The van der Waals surface area contributed by atoms with Gasteiger partial charge in [-0.2, -0.15) is 4.40 Å². The fourth-order valence-electron chi connectivity index (χ4n) is 1.62. The molecule has 2 aromatic rings. The average Bonchev–Trinajstić information content (AvgIpc) is 2.46. The Labute approximate surface area is 113 Å². The molecule has 0 saturated carbocycles. The van der Waals surface area contributed by atoms with Crippen molar-refractivity contribution in [2.45, 2.75) is 6.42 Å². The average molecular weight is 273 g/mol. The fourth-order valence-corrected chi connectivity index (χ4v) is 2.51. The van der Waals surface area contributed by atoms with E-state index in [4.69, 9.17) is 0 Å². The van der Waals surface area contributed by atoms with E-state index in [-0.39, 0.29) is 5.75 Å². The number of nitrogens with zero attached hydrogens (tertiary/aromatic N) is 1. The molecule has 0 unspecified atom stereocenters. The highest BCUT2D eigenvalue weighted by Crippen LogP contribution is 2.04. The van der Waals surface area contributed by atoms with Gasteiger partial charge in [-0.05, 0) is 17.5 Å². The number of hydrogen-bond donors (Lipinski definition) is 0. The molecule has 98 valence electrons. The van der Waals surface area contributed by atoms with Gasteiger partial charge < -0.3 is 0 Å². The second-order valence-electron chi connectivity index (χ2n) is 4.17. The third-order valence-electron chi connectivity index (χ3n) is 2.65. The van der Waals surface area contributed by atoms with Gasteiger partial charge in [-0.25, -0.2) is 8.42 Å². The maximum absolute atomic E-state index is 11.8. The van der Waals surface area contributed by atoms with E-state index in [2.05, 4.69) is 4.40 Å². The first-order chi connectivity index (χ1) is 9.16. The summed E-state index contributed by atoms with van der Waals surface area (Å²) in [6.45, 7) is 0. The van der Waals surface area contributed by atoms with Gasteiger partial charge in [0.25, 0.3) is 10.0 Å². The van der Waals surface area contributed by atoms with E-state index in [1.54, 1.807) is 0 Å². The summed E-state index contributed by atoms with van der Waals surface area (Å²) in [7, 11) is -3.41.